The topological polar surface area (TPSA) is 105 Å². The molecule has 2 N–H and O–H groups in total. The van der Waals surface area contributed by atoms with Crippen molar-refractivity contribution in [1.82, 2.24) is 20.7 Å². The molecule has 8 heteroatoms. The number of aromatic nitrogens is 1. The summed E-state index contributed by atoms with van der Waals surface area (Å²) in [5, 5.41) is 8.40. The molecule has 0 saturated carbocycles. The number of amides is 4. The molecule has 0 spiro atoms. The van der Waals surface area contributed by atoms with E-state index < -0.39 is 18.0 Å². The van der Waals surface area contributed by atoms with Gasteiger partial charge < -0.3 is 14.7 Å². The third-order valence-corrected chi connectivity index (χ3v) is 3.79. The molecule has 0 unspecified atom stereocenters. The quantitative estimate of drug-likeness (QED) is 0.777. The zero-order chi connectivity index (χ0) is 15.0. The lowest BCUT2D eigenvalue weighted by atomic mass is 10.1. The SMILES string of the molecule is Cc1cc([C@@H]2CCCN2C(=O)C[C@H]2NC(=O)NC2=O)on1. The van der Waals surface area contributed by atoms with Gasteiger partial charge in [-0.3, -0.25) is 14.9 Å². The first-order chi connectivity index (χ1) is 10.0. The van der Waals surface area contributed by atoms with Crippen LogP contribution in [0.15, 0.2) is 10.6 Å². The first kappa shape index (κ1) is 13.6. The Morgan fingerprint density at radius 2 is 2.33 bits per heavy atom. The molecule has 0 bridgehead atoms. The fourth-order valence-corrected chi connectivity index (χ4v) is 2.80. The summed E-state index contributed by atoms with van der Waals surface area (Å²) in [6.07, 6.45) is 1.64. The van der Waals surface area contributed by atoms with E-state index in [0.717, 1.165) is 18.5 Å². The molecule has 1 aromatic heterocycles. The number of urea groups is 1. The first-order valence-electron chi connectivity index (χ1n) is 6.88. The van der Waals surface area contributed by atoms with Crippen molar-refractivity contribution in [2.24, 2.45) is 0 Å². The van der Waals surface area contributed by atoms with Crippen molar-refractivity contribution in [3.63, 3.8) is 0 Å². The Hall–Kier alpha value is -2.38. The minimum atomic E-state index is -0.789. The normalized spacial score (nSPS) is 25.1. The average molecular weight is 292 g/mol. The third-order valence-electron chi connectivity index (χ3n) is 3.79. The predicted octanol–water partition coefficient (Wildman–Crippen LogP) is 0.245. The second-order valence-electron chi connectivity index (χ2n) is 5.34. The fraction of sp³-hybridized carbons (Fsp3) is 0.538. The van der Waals surface area contributed by atoms with Crippen LogP contribution in [-0.2, 0) is 9.59 Å². The number of hydrogen-bond acceptors (Lipinski definition) is 5. The van der Waals surface area contributed by atoms with E-state index in [1.54, 1.807) is 4.90 Å². The first-order valence-corrected chi connectivity index (χ1v) is 6.88. The lowest BCUT2D eigenvalue weighted by Gasteiger charge is -2.23. The maximum atomic E-state index is 12.4. The molecule has 2 aliphatic rings. The van der Waals surface area contributed by atoms with Gasteiger partial charge >= 0.3 is 6.03 Å². The monoisotopic (exact) mass is 292 g/mol. The number of carbonyl (C=O) groups excluding carboxylic acids is 3. The van der Waals surface area contributed by atoms with Gasteiger partial charge in [0.25, 0.3) is 5.91 Å². The third kappa shape index (κ3) is 2.61. The molecule has 2 saturated heterocycles. The van der Waals surface area contributed by atoms with Gasteiger partial charge in [-0.1, -0.05) is 5.16 Å². The van der Waals surface area contributed by atoms with Crippen molar-refractivity contribution in [1.29, 1.82) is 0 Å². The molecular weight excluding hydrogens is 276 g/mol. The van der Waals surface area contributed by atoms with Crippen LogP contribution in [0.5, 0.6) is 0 Å². The highest BCUT2D eigenvalue weighted by molar-refractivity contribution is 6.05. The summed E-state index contributed by atoms with van der Waals surface area (Å²) >= 11 is 0. The van der Waals surface area contributed by atoms with Gasteiger partial charge in [-0.25, -0.2) is 4.79 Å². The molecule has 21 heavy (non-hydrogen) atoms. The van der Waals surface area contributed by atoms with Crippen molar-refractivity contribution in [2.75, 3.05) is 6.54 Å². The molecule has 112 valence electrons. The molecule has 2 atom stereocenters. The van der Waals surface area contributed by atoms with Crippen LogP contribution in [0.3, 0.4) is 0 Å². The maximum Gasteiger partial charge on any atom is 0.322 e. The number of nitrogens with zero attached hydrogens (tertiary/aromatic N) is 2. The molecule has 2 fully saturated rings. The lowest BCUT2D eigenvalue weighted by Crippen LogP contribution is -2.38. The van der Waals surface area contributed by atoms with Gasteiger partial charge in [0.1, 0.15) is 6.04 Å². The predicted molar refractivity (Wildman–Crippen MR) is 70.0 cm³/mol. The average Bonchev–Trinajstić information content (AvgIpc) is 3.10. The van der Waals surface area contributed by atoms with Crippen LogP contribution >= 0.6 is 0 Å². The molecule has 8 nitrogen and oxygen atoms in total. The Labute approximate surface area is 120 Å². The van der Waals surface area contributed by atoms with E-state index in [0.29, 0.717) is 12.3 Å². The number of aryl methyl sites for hydroxylation is 1. The van der Waals surface area contributed by atoms with Gasteiger partial charge in [0.05, 0.1) is 18.2 Å². The van der Waals surface area contributed by atoms with Crippen LogP contribution in [0.4, 0.5) is 4.79 Å². The second kappa shape index (κ2) is 5.19. The van der Waals surface area contributed by atoms with Gasteiger partial charge in [-0.05, 0) is 19.8 Å². The minimum Gasteiger partial charge on any atom is -0.359 e. The Balaban J connectivity index is 1.69. The molecule has 3 rings (SSSR count). The highest BCUT2D eigenvalue weighted by atomic mass is 16.5. The van der Waals surface area contributed by atoms with Crippen molar-refractivity contribution in [3.05, 3.63) is 17.5 Å². The second-order valence-corrected chi connectivity index (χ2v) is 5.34. The summed E-state index contributed by atoms with van der Waals surface area (Å²) in [6, 6.07) is 0.337. The highest BCUT2D eigenvalue weighted by Crippen LogP contribution is 2.32. The number of rotatable bonds is 3. The number of imide groups is 1. The van der Waals surface area contributed by atoms with Crippen LogP contribution in [0, 0.1) is 6.92 Å². The Bertz CT molecular complexity index is 597. The van der Waals surface area contributed by atoms with Gasteiger partial charge in [0.15, 0.2) is 5.76 Å². The van der Waals surface area contributed by atoms with Gasteiger partial charge in [-0.15, -0.1) is 0 Å². The van der Waals surface area contributed by atoms with Crippen LogP contribution in [-0.4, -0.2) is 40.5 Å². The smallest absolute Gasteiger partial charge is 0.322 e. The van der Waals surface area contributed by atoms with Crippen LogP contribution < -0.4 is 10.6 Å². The summed E-state index contributed by atoms with van der Waals surface area (Å²) in [7, 11) is 0. The maximum absolute atomic E-state index is 12.4. The van der Waals surface area contributed by atoms with E-state index in [4.69, 9.17) is 4.52 Å². The lowest BCUT2D eigenvalue weighted by molar-refractivity contribution is -0.135. The molecule has 0 aromatic carbocycles. The van der Waals surface area contributed by atoms with Gasteiger partial charge in [-0.2, -0.15) is 0 Å². The Morgan fingerprint density at radius 3 is 2.95 bits per heavy atom. The minimum absolute atomic E-state index is 0.0405. The van der Waals surface area contributed by atoms with Crippen molar-refractivity contribution in [3.8, 4) is 0 Å². The van der Waals surface area contributed by atoms with E-state index in [-0.39, 0.29) is 18.4 Å². The number of nitrogens with one attached hydrogen (secondary N) is 2. The van der Waals surface area contributed by atoms with Crippen molar-refractivity contribution >= 4 is 17.8 Å². The molecule has 2 aliphatic heterocycles. The van der Waals surface area contributed by atoms with Gasteiger partial charge in [0.2, 0.25) is 5.91 Å². The molecular formula is C13H16N4O4. The largest absolute Gasteiger partial charge is 0.359 e. The van der Waals surface area contributed by atoms with Crippen molar-refractivity contribution in [2.45, 2.75) is 38.3 Å². The van der Waals surface area contributed by atoms with Gasteiger partial charge in [0, 0.05) is 12.6 Å². The van der Waals surface area contributed by atoms with Crippen molar-refractivity contribution < 1.29 is 18.9 Å². The molecule has 0 radical (unpaired) electrons. The summed E-state index contributed by atoms with van der Waals surface area (Å²) in [5.41, 5.74) is 0.770. The van der Waals surface area contributed by atoms with Crippen LogP contribution in [0.1, 0.15) is 36.8 Å². The van der Waals surface area contributed by atoms with Crippen LogP contribution in [0.25, 0.3) is 0 Å². The molecule has 4 amide bonds. The molecule has 0 aliphatic carbocycles. The highest BCUT2D eigenvalue weighted by Gasteiger charge is 2.37. The summed E-state index contributed by atoms with van der Waals surface area (Å²) in [4.78, 5) is 36.6. The zero-order valence-electron chi connectivity index (χ0n) is 11.6. The van der Waals surface area contributed by atoms with E-state index in [1.165, 1.54) is 0 Å². The molecule has 3 heterocycles. The summed E-state index contributed by atoms with van der Waals surface area (Å²) in [6.45, 7) is 2.44. The Morgan fingerprint density at radius 1 is 1.52 bits per heavy atom. The van der Waals surface area contributed by atoms with E-state index >= 15 is 0 Å². The fourth-order valence-electron chi connectivity index (χ4n) is 2.80. The van der Waals surface area contributed by atoms with E-state index in [2.05, 4.69) is 15.8 Å². The number of hydrogen-bond donors (Lipinski definition) is 2. The zero-order valence-corrected chi connectivity index (χ0v) is 11.6. The summed E-state index contributed by atoms with van der Waals surface area (Å²) in [5.74, 6) is 0.0340. The van der Waals surface area contributed by atoms with E-state index in [9.17, 15) is 14.4 Å². The number of likely N-dealkylation sites (tertiary alicyclic amines) is 1. The van der Waals surface area contributed by atoms with Crippen LogP contribution in [0.2, 0.25) is 0 Å². The number of carbonyl (C=O) groups is 3. The Kier molecular flexibility index (Phi) is 3.36. The van der Waals surface area contributed by atoms with E-state index in [1.807, 2.05) is 13.0 Å². The standard InChI is InChI=1S/C13H16N4O4/c1-7-5-10(21-16-7)9-3-2-4-17(9)11(18)6-8-12(19)15-13(20)14-8/h5,8-9H,2-4,6H2,1H3,(H2,14,15,19,20)/t8-,9+/m1/s1. The summed E-state index contributed by atoms with van der Waals surface area (Å²) < 4.78 is 5.24. The molecule has 1 aromatic rings.